The van der Waals surface area contributed by atoms with E-state index in [2.05, 4.69) is 52.3 Å². The molecule has 1 aliphatic carbocycles. The summed E-state index contributed by atoms with van der Waals surface area (Å²) in [6.45, 7) is 5.13. The Morgan fingerprint density at radius 1 is 0.923 bits per heavy atom. The van der Waals surface area contributed by atoms with Gasteiger partial charge in [0.15, 0.2) is 0 Å². The Hall–Kier alpha value is -2.33. The SMILES string of the molecule is O=C(O)C1(c2ccc(N3CCN(Cc4ccccc4)CC3)cc2)CCC1. The van der Waals surface area contributed by atoms with Crippen LogP contribution in [0.25, 0.3) is 0 Å². The van der Waals surface area contributed by atoms with Gasteiger partial charge in [-0.2, -0.15) is 0 Å². The van der Waals surface area contributed by atoms with E-state index in [9.17, 15) is 9.90 Å². The van der Waals surface area contributed by atoms with Crippen LogP contribution in [0.1, 0.15) is 30.4 Å². The Morgan fingerprint density at radius 3 is 2.12 bits per heavy atom. The quantitative estimate of drug-likeness (QED) is 0.896. The van der Waals surface area contributed by atoms with Gasteiger partial charge in [0.25, 0.3) is 0 Å². The summed E-state index contributed by atoms with van der Waals surface area (Å²) < 4.78 is 0. The molecule has 4 rings (SSSR count). The zero-order chi connectivity index (χ0) is 18.0. The maximum Gasteiger partial charge on any atom is 0.314 e. The summed E-state index contributed by atoms with van der Waals surface area (Å²) in [4.78, 5) is 16.6. The maximum absolute atomic E-state index is 11.7. The van der Waals surface area contributed by atoms with Crippen LogP contribution in [-0.4, -0.2) is 42.2 Å². The molecule has 1 saturated heterocycles. The average molecular weight is 350 g/mol. The largest absolute Gasteiger partial charge is 0.481 e. The van der Waals surface area contributed by atoms with Gasteiger partial charge < -0.3 is 10.0 Å². The van der Waals surface area contributed by atoms with Gasteiger partial charge in [0.2, 0.25) is 0 Å². The molecule has 1 heterocycles. The van der Waals surface area contributed by atoms with E-state index in [1.54, 1.807) is 0 Å². The smallest absolute Gasteiger partial charge is 0.314 e. The number of carbonyl (C=O) groups is 1. The van der Waals surface area contributed by atoms with E-state index >= 15 is 0 Å². The Balaban J connectivity index is 1.37. The molecule has 4 heteroatoms. The van der Waals surface area contributed by atoms with Crippen molar-refractivity contribution in [1.29, 1.82) is 0 Å². The van der Waals surface area contributed by atoms with E-state index in [1.807, 2.05) is 12.1 Å². The molecule has 2 fully saturated rings. The van der Waals surface area contributed by atoms with Gasteiger partial charge in [-0.25, -0.2) is 0 Å². The minimum absolute atomic E-state index is 0.632. The first-order valence-electron chi connectivity index (χ1n) is 9.53. The Labute approximate surface area is 155 Å². The van der Waals surface area contributed by atoms with Crippen molar-refractivity contribution in [2.75, 3.05) is 31.1 Å². The van der Waals surface area contributed by atoms with E-state index in [1.165, 1.54) is 11.3 Å². The number of carboxylic acids is 1. The van der Waals surface area contributed by atoms with Crippen molar-refractivity contribution in [3.63, 3.8) is 0 Å². The highest BCUT2D eigenvalue weighted by molar-refractivity contribution is 5.82. The molecule has 2 aliphatic rings. The van der Waals surface area contributed by atoms with Crippen LogP contribution in [-0.2, 0) is 16.8 Å². The van der Waals surface area contributed by atoms with E-state index in [0.29, 0.717) is 0 Å². The van der Waals surface area contributed by atoms with Gasteiger partial charge in [-0.1, -0.05) is 48.9 Å². The second kappa shape index (κ2) is 7.12. The summed E-state index contributed by atoms with van der Waals surface area (Å²) in [5.74, 6) is -0.675. The molecular formula is C22H26N2O2. The summed E-state index contributed by atoms with van der Waals surface area (Å²) in [6.07, 6.45) is 2.54. The van der Waals surface area contributed by atoms with Crippen LogP contribution in [0.2, 0.25) is 0 Å². The van der Waals surface area contributed by atoms with Gasteiger partial charge in [0.1, 0.15) is 0 Å². The van der Waals surface area contributed by atoms with Crippen LogP contribution in [0.4, 0.5) is 5.69 Å². The van der Waals surface area contributed by atoms with Crippen molar-refractivity contribution < 1.29 is 9.90 Å². The Morgan fingerprint density at radius 2 is 1.58 bits per heavy atom. The lowest BCUT2D eigenvalue weighted by molar-refractivity contribution is -0.147. The fourth-order valence-electron chi connectivity index (χ4n) is 4.15. The van der Waals surface area contributed by atoms with Crippen molar-refractivity contribution in [2.24, 2.45) is 0 Å². The second-order valence-corrected chi connectivity index (χ2v) is 7.54. The predicted octanol–water partition coefficient (Wildman–Crippen LogP) is 3.52. The molecule has 0 spiro atoms. The predicted molar refractivity (Wildman–Crippen MR) is 104 cm³/mol. The lowest BCUT2D eigenvalue weighted by atomic mass is 9.64. The van der Waals surface area contributed by atoms with E-state index in [0.717, 1.165) is 57.5 Å². The minimum Gasteiger partial charge on any atom is -0.481 e. The number of hydrogen-bond acceptors (Lipinski definition) is 3. The molecule has 1 aliphatic heterocycles. The first-order chi connectivity index (χ1) is 12.7. The molecule has 0 unspecified atom stereocenters. The molecule has 136 valence electrons. The van der Waals surface area contributed by atoms with Gasteiger partial charge >= 0.3 is 5.97 Å². The standard InChI is InChI=1S/C22H26N2O2/c25-21(26)22(11-4-12-22)19-7-9-20(10-8-19)24-15-13-23(14-16-24)17-18-5-2-1-3-6-18/h1-3,5-10H,4,11-17H2,(H,25,26). The van der Waals surface area contributed by atoms with E-state index < -0.39 is 11.4 Å². The summed E-state index contributed by atoms with van der Waals surface area (Å²) >= 11 is 0. The maximum atomic E-state index is 11.7. The molecule has 2 aromatic rings. The van der Waals surface area contributed by atoms with Crippen molar-refractivity contribution in [3.8, 4) is 0 Å². The highest BCUT2D eigenvalue weighted by Gasteiger charge is 2.45. The highest BCUT2D eigenvalue weighted by Crippen LogP contribution is 2.44. The van der Waals surface area contributed by atoms with Crippen LogP contribution in [0.5, 0.6) is 0 Å². The van der Waals surface area contributed by atoms with Crippen LogP contribution in [0.15, 0.2) is 54.6 Å². The summed E-state index contributed by atoms with van der Waals surface area (Å²) in [5, 5.41) is 9.59. The molecule has 0 amide bonds. The van der Waals surface area contributed by atoms with Crippen molar-refractivity contribution in [3.05, 3.63) is 65.7 Å². The number of anilines is 1. The lowest BCUT2D eigenvalue weighted by Crippen LogP contribution is -2.46. The number of rotatable bonds is 5. The summed E-state index contributed by atoms with van der Waals surface area (Å²) in [5.41, 5.74) is 2.90. The third kappa shape index (κ3) is 3.21. The van der Waals surface area contributed by atoms with Crippen LogP contribution in [0, 0.1) is 0 Å². The third-order valence-electron chi connectivity index (χ3n) is 6.02. The number of piperazine rings is 1. The fraction of sp³-hybridized carbons (Fsp3) is 0.409. The number of hydrogen-bond donors (Lipinski definition) is 1. The normalized spacial score (nSPS) is 19.8. The average Bonchev–Trinajstić information content (AvgIpc) is 2.63. The van der Waals surface area contributed by atoms with E-state index in [-0.39, 0.29) is 0 Å². The number of benzene rings is 2. The molecule has 4 nitrogen and oxygen atoms in total. The number of carboxylic acid groups (broad SMARTS) is 1. The van der Waals surface area contributed by atoms with Gasteiger partial charge in [0, 0.05) is 38.4 Å². The molecule has 0 aromatic heterocycles. The zero-order valence-corrected chi connectivity index (χ0v) is 15.1. The summed E-state index contributed by atoms with van der Waals surface area (Å²) in [6, 6.07) is 18.9. The van der Waals surface area contributed by atoms with Crippen LogP contribution < -0.4 is 4.90 Å². The third-order valence-corrected chi connectivity index (χ3v) is 6.02. The van der Waals surface area contributed by atoms with Crippen molar-refractivity contribution in [2.45, 2.75) is 31.2 Å². The Kier molecular flexibility index (Phi) is 4.68. The monoisotopic (exact) mass is 350 g/mol. The Bertz CT molecular complexity index is 745. The number of nitrogens with zero attached hydrogens (tertiary/aromatic N) is 2. The molecule has 0 atom stereocenters. The molecule has 0 bridgehead atoms. The van der Waals surface area contributed by atoms with Crippen LogP contribution in [0.3, 0.4) is 0 Å². The van der Waals surface area contributed by atoms with Crippen molar-refractivity contribution >= 4 is 11.7 Å². The molecule has 0 radical (unpaired) electrons. The molecule has 2 aromatic carbocycles. The fourth-order valence-corrected chi connectivity index (χ4v) is 4.15. The topological polar surface area (TPSA) is 43.8 Å². The molecule has 1 saturated carbocycles. The lowest BCUT2D eigenvalue weighted by Gasteiger charge is -2.39. The first kappa shape index (κ1) is 17.1. The molecule has 1 N–H and O–H groups in total. The van der Waals surface area contributed by atoms with Gasteiger partial charge in [-0.3, -0.25) is 9.69 Å². The second-order valence-electron chi connectivity index (χ2n) is 7.54. The van der Waals surface area contributed by atoms with Crippen LogP contribution >= 0.6 is 0 Å². The van der Waals surface area contributed by atoms with Crippen molar-refractivity contribution in [1.82, 2.24) is 4.90 Å². The van der Waals surface area contributed by atoms with Gasteiger partial charge in [-0.15, -0.1) is 0 Å². The number of aliphatic carboxylic acids is 1. The molecular weight excluding hydrogens is 324 g/mol. The first-order valence-corrected chi connectivity index (χ1v) is 9.53. The zero-order valence-electron chi connectivity index (χ0n) is 15.1. The minimum atomic E-state index is -0.675. The highest BCUT2D eigenvalue weighted by atomic mass is 16.4. The van der Waals surface area contributed by atoms with Gasteiger partial charge in [-0.05, 0) is 36.1 Å². The van der Waals surface area contributed by atoms with Gasteiger partial charge in [0.05, 0.1) is 5.41 Å². The summed E-state index contributed by atoms with van der Waals surface area (Å²) in [7, 11) is 0. The molecule has 26 heavy (non-hydrogen) atoms. The van der Waals surface area contributed by atoms with E-state index in [4.69, 9.17) is 0 Å².